The van der Waals surface area contributed by atoms with Gasteiger partial charge in [0.15, 0.2) is 12.1 Å². The molecule has 0 fully saturated rings. The first-order chi connectivity index (χ1) is 10.1. The molecular formula is C15H16N2O4. The SMILES string of the molecule is CCc1ocnc1C(=O)Nc1cccc(CCC(=O)O)c1. The maximum atomic E-state index is 12.1. The average molecular weight is 288 g/mol. The van der Waals surface area contributed by atoms with Gasteiger partial charge in [-0.15, -0.1) is 0 Å². The molecule has 6 nitrogen and oxygen atoms in total. The number of carboxylic acids is 1. The molecule has 1 heterocycles. The minimum Gasteiger partial charge on any atom is -0.481 e. The van der Waals surface area contributed by atoms with Crippen molar-refractivity contribution in [2.24, 2.45) is 0 Å². The third-order valence-electron chi connectivity index (χ3n) is 2.99. The van der Waals surface area contributed by atoms with Crippen molar-refractivity contribution in [3.8, 4) is 0 Å². The van der Waals surface area contributed by atoms with Crippen LogP contribution in [-0.2, 0) is 17.6 Å². The molecule has 0 radical (unpaired) electrons. The van der Waals surface area contributed by atoms with Crippen molar-refractivity contribution >= 4 is 17.6 Å². The Labute approximate surface area is 121 Å². The summed E-state index contributed by atoms with van der Waals surface area (Å²) in [6, 6.07) is 7.10. The van der Waals surface area contributed by atoms with Crippen LogP contribution in [0, 0.1) is 0 Å². The van der Waals surface area contributed by atoms with Crippen molar-refractivity contribution in [1.82, 2.24) is 4.98 Å². The van der Waals surface area contributed by atoms with E-state index in [0.717, 1.165) is 5.56 Å². The van der Waals surface area contributed by atoms with Gasteiger partial charge in [-0.25, -0.2) is 4.98 Å². The zero-order valence-corrected chi connectivity index (χ0v) is 11.6. The minimum atomic E-state index is -0.848. The molecule has 0 atom stereocenters. The fourth-order valence-electron chi connectivity index (χ4n) is 1.95. The standard InChI is InChI=1S/C15H16N2O4/c1-2-12-14(16-9-21-12)15(20)17-11-5-3-4-10(8-11)6-7-13(18)19/h3-5,8-9H,2,6-7H2,1H3,(H,17,20)(H,18,19). The third kappa shape index (κ3) is 3.92. The van der Waals surface area contributed by atoms with Crippen LogP contribution in [0.25, 0.3) is 0 Å². The maximum Gasteiger partial charge on any atom is 0.303 e. The lowest BCUT2D eigenvalue weighted by molar-refractivity contribution is -0.136. The first kappa shape index (κ1) is 14.8. The lowest BCUT2D eigenvalue weighted by atomic mass is 10.1. The van der Waals surface area contributed by atoms with Crippen molar-refractivity contribution in [3.05, 3.63) is 47.7 Å². The van der Waals surface area contributed by atoms with Crippen LogP contribution in [0.2, 0.25) is 0 Å². The van der Waals surface area contributed by atoms with E-state index in [0.29, 0.717) is 24.3 Å². The Bertz CT molecular complexity index is 649. The smallest absolute Gasteiger partial charge is 0.303 e. The Morgan fingerprint density at radius 1 is 1.38 bits per heavy atom. The Morgan fingerprint density at radius 3 is 2.90 bits per heavy atom. The fraction of sp³-hybridized carbons (Fsp3) is 0.267. The number of nitrogens with one attached hydrogen (secondary N) is 1. The van der Waals surface area contributed by atoms with Gasteiger partial charge in [0, 0.05) is 18.5 Å². The summed E-state index contributed by atoms with van der Waals surface area (Å²) >= 11 is 0. The van der Waals surface area contributed by atoms with Gasteiger partial charge in [-0.2, -0.15) is 0 Å². The van der Waals surface area contributed by atoms with Crippen molar-refractivity contribution in [2.45, 2.75) is 26.2 Å². The highest BCUT2D eigenvalue weighted by Crippen LogP contribution is 2.15. The van der Waals surface area contributed by atoms with E-state index in [9.17, 15) is 9.59 Å². The molecule has 0 spiro atoms. The molecule has 0 unspecified atom stereocenters. The molecule has 110 valence electrons. The number of hydrogen-bond donors (Lipinski definition) is 2. The maximum absolute atomic E-state index is 12.1. The molecule has 0 aliphatic carbocycles. The number of rotatable bonds is 6. The molecule has 21 heavy (non-hydrogen) atoms. The second-order valence-electron chi connectivity index (χ2n) is 4.53. The summed E-state index contributed by atoms with van der Waals surface area (Å²) in [5.41, 5.74) is 1.73. The molecule has 1 aromatic carbocycles. The Hall–Kier alpha value is -2.63. The molecule has 0 bridgehead atoms. The van der Waals surface area contributed by atoms with E-state index in [-0.39, 0.29) is 18.0 Å². The van der Waals surface area contributed by atoms with Crippen LogP contribution in [-0.4, -0.2) is 22.0 Å². The number of carbonyl (C=O) groups excluding carboxylic acids is 1. The summed E-state index contributed by atoms with van der Waals surface area (Å²) in [6.07, 6.45) is 2.31. The number of aryl methyl sites for hydroxylation is 2. The first-order valence-corrected chi connectivity index (χ1v) is 6.64. The highest BCUT2D eigenvalue weighted by Gasteiger charge is 2.15. The van der Waals surface area contributed by atoms with Crippen LogP contribution in [0.15, 0.2) is 35.1 Å². The normalized spacial score (nSPS) is 10.3. The van der Waals surface area contributed by atoms with Gasteiger partial charge in [0.2, 0.25) is 0 Å². The predicted octanol–water partition coefficient (Wildman–Crippen LogP) is 2.51. The zero-order chi connectivity index (χ0) is 15.2. The Morgan fingerprint density at radius 2 is 2.19 bits per heavy atom. The number of carboxylic acid groups (broad SMARTS) is 1. The van der Waals surface area contributed by atoms with Crippen LogP contribution >= 0.6 is 0 Å². The molecular weight excluding hydrogens is 272 g/mol. The van der Waals surface area contributed by atoms with Crippen LogP contribution < -0.4 is 5.32 Å². The van der Waals surface area contributed by atoms with E-state index in [1.807, 2.05) is 13.0 Å². The van der Waals surface area contributed by atoms with Gasteiger partial charge >= 0.3 is 5.97 Å². The van der Waals surface area contributed by atoms with Gasteiger partial charge in [0.05, 0.1) is 0 Å². The zero-order valence-electron chi connectivity index (χ0n) is 11.6. The summed E-state index contributed by atoms with van der Waals surface area (Å²) in [6.45, 7) is 1.88. The molecule has 0 aliphatic heterocycles. The molecule has 1 aromatic heterocycles. The van der Waals surface area contributed by atoms with Crippen LogP contribution in [0.1, 0.15) is 35.2 Å². The van der Waals surface area contributed by atoms with Crippen molar-refractivity contribution < 1.29 is 19.1 Å². The molecule has 2 aromatic rings. The van der Waals surface area contributed by atoms with Gasteiger partial charge in [0.25, 0.3) is 5.91 Å². The second-order valence-corrected chi connectivity index (χ2v) is 4.53. The van der Waals surface area contributed by atoms with E-state index in [1.165, 1.54) is 6.39 Å². The third-order valence-corrected chi connectivity index (χ3v) is 2.99. The second kappa shape index (κ2) is 6.69. The predicted molar refractivity (Wildman–Crippen MR) is 76.2 cm³/mol. The summed E-state index contributed by atoms with van der Waals surface area (Å²) in [5, 5.41) is 11.4. The Balaban J connectivity index is 2.07. The monoisotopic (exact) mass is 288 g/mol. The van der Waals surface area contributed by atoms with Crippen molar-refractivity contribution in [2.75, 3.05) is 5.32 Å². The van der Waals surface area contributed by atoms with Crippen molar-refractivity contribution in [3.63, 3.8) is 0 Å². The van der Waals surface area contributed by atoms with Crippen LogP contribution in [0.5, 0.6) is 0 Å². The number of benzene rings is 1. The molecule has 6 heteroatoms. The highest BCUT2D eigenvalue weighted by atomic mass is 16.4. The largest absolute Gasteiger partial charge is 0.481 e. The lowest BCUT2D eigenvalue weighted by Gasteiger charge is -2.06. The van der Waals surface area contributed by atoms with Crippen LogP contribution in [0.4, 0.5) is 5.69 Å². The average Bonchev–Trinajstić information content (AvgIpc) is 2.94. The van der Waals surface area contributed by atoms with Crippen molar-refractivity contribution in [1.29, 1.82) is 0 Å². The molecule has 2 N–H and O–H groups in total. The number of oxazole rings is 1. The number of nitrogens with zero attached hydrogens (tertiary/aromatic N) is 1. The summed E-state index contributed by atoms with van der Waals surface area (Å²) in [4.78, 5) is 26.6. The quantitative estimate of drug-likeness (QED) is 0.852. The van der Waals surface area contributed by atoms with E-state index in [1.54, 1.807) is 18.2 Å². The lowest BCUT2D eigenvalue weighted by Crippen LogP contribution is -2.14. The molecule has 0 saturated heterocycles. The minimum absolute atomic E-state index is 0.0562. The first-order valence-electron chi connectivity index (χ1n) is 6.64. The number of aliphatic carboxylic acids is 1. The van der Waals surface area contributed by atoms with E-state index in [2.05, 4.69) is 10.3 Å². The summed E-state index contributed by atoms with van der Waals surface area (Å²) < 4.78 is 5.12. The van der Waals surface area contributed by atoms with Gasteiger partial charge < -0.3 is 14.8 Å². The molecule has 0 aliphatic rings. The van der Waals surface area contributed by atoms with Gasteiger partial charge in [-0.3, -0.25) is 9.59 Å². The summed E-state index contributed by atoms with van der Waals surface area (Å²) in [5.74, 6) is -0.648. The van der Waals surface area contributed by atoms with Gasteiger partial charge in [0.1, 0.15) is 5.76 Å². The number of hydrogen-bond acceptors (Lipinski definition) is 4. The molecule has 2 rings (SSSR count). The molecule has 0 saturated carbocycles. The number of anilines is 1. The number of carbonyl (C=O) groups is 2. The highest BCUT2D eigenvalue weighted by molar-refractivity contribution is 6.03. The topological polar surface area (TPSA) is 92.4 Å². The fourth-order valence-corrected chi connectivity index (χ4v) is 1.95. The van der Waals surface area contributed by atoms with E-state index < -0.39 is 5.97 Å². The van der Waals surface area contributed by atoms with Crippen LogP contribution in [0.3, 0.4) is 0 Å². The van der Waals surface area contributed by atoms with E-state index >= 15 is 0 Å². The van der Waals surface area contributed by atoms with Gasteiger partial charge in [-0.05, 0) is 24.1 Å². The number of aromatic nitrogens is 1. The number of amides is 1. The van der Waals surface area contributed by atoms with E-state index in [4.69, 9.17) is 9.52 Å². The summed E-state index contributed by atoms with van der Waals surface area (Å²) in [7, 11) is 0. The molecule has 1 amide bonds. The Kier molecular flexibility index (Phi) is 4.71. The van der Waals surface area contributed by atoms with Gasteiger partial charge in [-0.1, -0.05) is 19.1 Å².